The van der Waals surface area contributed by atoms with Gasteiger partial charge in [-0.15, -0.1) is 5.10 Å². The molecule has 1 N–H and O–H groups in total. The number of H-pyrrole nitrogens is 1. The van der Waals surface area contributed by atoms with E-state index in [0.29, 0.717) is 22.2 Å². The molecule has 2 aromatic carbocycles. The summed E-state index contributed by atoms with van der Waals surface area (Å²) in [4.78, 5) is 20.6. The minimum absolute atomic E-state index is 0. The molecule has 0 atom stereocenters. The maximum absolute atomic E-state index is 11.0. The molecule has 114 valence electrons. The first-order valence-electron chi connectivity index (χ1n) is 5.80. The molecule has 9 nitrogen and oxygen atoms in total. The summed E-state index contributed by atoms with van der Waals surface area (Å²) in [6, 6.07) is 8.42. The number of nitro groups is 2. The fourth-order valence-electron chi connectivity index (χ4n) is 2.03. The van der Waals surface area contributed by atoms with E-state index in [1.54, 1.807) is 0 Å². The van der Waals surface area contributed by atoms with E-state index in [1.165, 1.54) is 36.4 Å². The molecule has 10 heteroatoms. The smallest absolute Gasteiger partial charge is 0.258 e. The predicted octanol–water partition coefficient (Wildman–Crippen LogP) is 2.44. The van der Waals surface area contributed by atoms with Crippen LogP contribution in [0.25, 0.3) is 22.2 Å². The second kappa shape index (κ2) is 6.02. The Kier molecular flexibility index (Phi) is 4.31. The van der Waals surface area contributed by atoms with Crippen molar-refractivity contribution in [3.05, 3.63) is 56.6 Å². The number of nitrogens with one attached hydrogen (secondary N) is 1. The van der Waals surface area contributed by atoms with Gasteiger partial charge in [0.15, 0.2) is 0 Å². The van der Waals surface area contributed by atoms with Gasteiger partial charge in [0.1, 0.15) is 5.52 Å². The van der Waals surface area contributed by atoms with E-state index in [1.807, 2.05) is 0 Å². The van der Waals surface area contributed by atoms with Gasteiger partial charge in [0.2, 0.25) is 0 Å². The number of rotatable bonds is 3. The Balaban J connectivity index is 0.00000176. The van der Waals surface area contributed by atoms with Crippen LogP contribution in [0.3, 0.4) is 0 Å². The fourth-order valence-corrected chi connectivity index (χ4v) is 2.03. The van der Waals surface area contributed by atoms with Crippen LogP contribution < -0.4 is 0 Å². The number of hydrogen-bond acceptors (Lipinski definition) is 6. The minimum Gasteiger partial charge on any atom is -0.258 e. The first-order valence-corrected chi connectivity index (χ1v) is 5.80. The molecule has 22 heavy (non-hydrogen) atoms. The molecule has 0 radical (unpaired) electrons. The van der Waals surface area contributed by atoms with E-state index in [-0.39, 0.29) is 33.8 Å². The van der Waals surface area contributed by atoms with Crippen LogP contribution in [0.15, 0.2) is 36.4 Å². The molecule has 0 spiro atoms. The van der Waals surface area contributed by atoms with Crippen molar-refractivity contribution in [2.75, 3.05) is 0 Å². The average molecular weight is 393 g/mol. The van der Waals surface area contributed by atoms with Crippen molar-refractivity contribution in [2.45, 2.75) is 0 Å². The third-order valence-electron chi connectivity index (χ3n) is 3.02. The number of aromatic amines is 1. The molecule has 3 aromatic rings. The number of benzene rings is 2. The Hall–Kier alpha value is -2.62. The Bertz CT molecular complexity index is 862. The zero-order valence-electron chi connectivity index (χ0n) is 10.7. The van der Waals surface area contributed by atoms with Crippen molar-refractivity contribution >= 4 is 22.4 Å². The SMILES string of the molecule is O=[N+]([O-])c1ccc(-c2cc([N+](=O)[O-])cc3nn[nH]c23)cc1.[Ag+]. The topological polar surface area (TPSA) is 128 Å². The summed E-state index contributed by atoms with van der Waals surface area (Å²) in [6.07, 6.45) is 0. The number of hydrogen-bond donors (Lipinski definition) is 1. The Labute approximate surface area is 138 Å². The van der Waals surface area contributed by atoms with Crippen molar-refractivity contribution in [2.24, 2.45) is 0 Å². The summed E-state index contributed by atoms with van der Waals surface area (Å²) in [5, 5.41) is 31.7. The van der Waals surface area contributed by atoms with E-state index in [9.17, 15) is 20.2 Å². The van der Waals surface area contributed by atoms with Gasteiger partial charge < -0.3 is 0 Å². The molecule has 0 saturated heterocycles. The van der Waals surface area contributed by atoms with E-state index in [0.717, 1.165) is 0 Å². The van der Waals surface area contributed by atoms with Gasteiger partial charge in [-0.05, 0) is 17.7 Å². The molecule has 0 aliphatic carbocycles. The zero-order valence-corrected chi connectivity index (χ0v) is 12.2. The van der Waals surface area contributed by atoms with Crippen molar-refractivity contribution in [1.29, 1.82) is 0 Å². The molecule has 0 bridgehead atoms. The monoisotopic (exact) mass is 392 g/mol. The summed E-state index contributed by atoms with van der Waals surface area (Å²) < 4.78 is 0. The van der Waals surface area contributed by atoms with Gasteiger partial charge in [-0.2, -0.15) is 0 Å². The number of fused-ring (bicyclic) bond motifs is 1. The summed E-state index contributed by atoms with van der Waals surface area (Å²) in [6.45, 7) is 0. The molecule has 3 rings (SSSR count). The Morgan fingerprint density at radius 1 is 0.955 bits per heavy atom. The van der Waals surface area contributed by atoms with Crippen LogP contribution in [-0.4, -0.2) is 25.3 Å². The van der Waals surface area contributed by atoms with Gasteiger partial charge in [0, 0.05) is 29.8 Å². The Morgan fingerprint density at radius 2 is 1.59 bits per heavy atom. The third-order valence-corrected chi connectivity index (χ3v) is 3.02. The first kappa shape index (κ1) is 15.8. The van der Waals surface area contributed by atoms with E-state index in [4.69, 9.17) is 0 Å². The number of aromatic nitrogens is 3. The van der Waals surface area contributed by atoms with Crippen LogP contribution in [0.1, 0.15) is 0 Å². The zero-order chi connectivity index (χ0) is 15.0. The molecule has 0 aliphatic rings. The summed E-state index contributed by atoms with van der Waals surface area (Å²) in [5.41, 5.74) is 1.83. The standard InChI is InChI=1S/C12H7N5O4.Ag/c18-16(19)8-3-1-7(2-4-8)10-5-9(17(20)21)6-11-12(10)14-15-13-11;/h1-6H,(H,13,14,15);/q;+1. The number of non-ortho nitro benzene ring substituents is 2. The van der Waals surface area contributed by atoms with Crippen LogP contribution in [-0.2, 0) is 22.4 Å². The van der Waals surface area contributed by atoms with E-state index >= 15 is 0 Å². The number of nitrogens with zero attached hydrogens (tertiary/aromatic N) is 4. The molecule has 1 heterocycles. The van der Waals surface area contributed by atoms with Crippen LogP contribution >= 0.6 is 0 Å². The third kappa shape index (κ3) is 2.72. The van der Waals surface area contributed by atoms with Crippen molar-refractivity contribution in [3.8, 4) is 11.1 Å². The van der Waals surface area contributed by atoms with Crippen LogP contribution in [0.4, 0.5) is 11.4 Å². The quantitative estimate of drug-likeness (QED) is 0.414. The molecular weight excluding hydrogens is 386 g/mol. The molecule has 0 aliphatic heterocycles. The van der Waals surface area contributed by atoms with Crippen LogP contribution in [0, 0.1) is 20.2 Å². The second-order valence-electron chi connectivity index (χ2n) is 4.26. The van der Waals surface area contributed by atoms with Crippen LogP contribution in [0.5, 0.6) is 0 Å². The predicted molar refractivity (Wildman–Crippen MR) is 72.6 cm³/mol. The largest absolute Gasteiger partial charge is 1.00 e. The van der Waals surface area contributed by atoms with Gasteiger partial charge in [0.25, 0.3) is 11.4 Å². The summed E-state index contributed by atoms with van der Waals surface area (Å²) in [5.74, 6) is 0. The van der Waals surface area contributed by atoms with Gasteiger partial charge in [0.05, 0.1) is 15.4 Å². The second-order valence-corrected chi connectivity index (χ2v) is 4.26. The van der Waals surface area contributed by atoms with E-state index < -0.39 is 9.85 Å². The van der Waals surface area contributed by atoms with Gasteiger partial charge in [-0.25, -0.2) is 0 Å². The molecule has 0 unspecified atom stereocenters. The minimum atomic E-state index is -0.525. The molecule has 0 amide bonds. The Morgan fingerprint density at radius 3 is 2.18 bits per heavy atom. The molecule has 0 fully saturated rings. The summed E-state index contributed by atoms with van der Waals surface area (Å²) in [7, 11) is 0. The summed E-state index contributed by atoms with van der Waals surface area (Å²) >= 11 is 0. The molecular formula is C12H7AgN5O4+. The fraction of sp³-hybridized carbons (Fsp3) is 0. The van der Waals surface area contributed by atoms with Crippen molar-refractivity contribution in [1.82, 2.24) is 15.4 Å². The van der Waals surface area contributed by atoms with Crippen molar-refractivity contribution < 1.29 is 32.2 Å². The first-order chi connectivity index (χ1) is 10.1. The molecule has 1 aromatic heterocycles. The normalized spacial score (nSPS) is 10.2. The maximum Gasteiger partial charge on any atom is 1.00 e. The number of nitro benzene ring substituents is 2. The average Bonchev–Trinajstić information content (AvgIpc) is 2.94. The van der Waals surface area contributed by atoms with Crippen LogP contribution in [0.2, 0.25) is 0 Å². The maximum atomic E-state index is 11.0. The molecule has 0 saturated carbocycles. The van der Waals surface area contributed by atoms with Gasteiger partial charge >= 0.3 is 22.4 Å². The van der Waals surface area contributed by atoms with E-state index in [2.05, 4.69) is 15.4 Å². The van der Waals surface area contributed by atoms with Gasteiger partial charge in [-0.1, -0.05) is 5.21 Å². The van der Waals surface area contributed by atoms with Gasteiger partial charge in [-0.3, -0.25) is 25.3 Å². The van der Waals surface area contributed by atoms with Crippen molar-refractivity contribution in [3.63, 3.8) is 0 Å².